The molecule has 0 radical (unpaired) electrons. The lowest BCUT2D eigenvalue weighted by atomic mass is 9.93. The fourth-order valence-electron chi connectivity index (χ4n) is 4.42. The predicted octanol–water partition coefficient (Wildman–Crippen LogP) is 5.57. The molecule has 1 saturated heterocycles. The Hall–Kier alpha value is -4.09. The van der Waals surface area contributed by atoms with Crippen molar-refractivity contribution in [2.75, 3.05) is 25.1 Å². The summed E-state index contributed by atoms with van der Waals surface area (Å²) in [5, 5.41) is 9.22. The van der Waals surface area contributed by atoms with Gasteiger partial charge in [-0.25, -0.2) is 4.79 Å². The molecule has 5 rings (SSSR count). The molecular weight excluding hydrogens is 438 g/mol. The molecule has 0 bridgehead atoms. The molecule has 1 heterocycles. The number of hydrogen-bond acceptors (Lipinski definition) is 5. The highest BCUT2D eigenvalue weighted by Gasteiger charge is 2.31. The van der Waals surface area contributed by atoms with Gasteiger partial charge in [0, 0.05) is 11.3 Å². The van der Waals surface area contributed by atoms with Crippen LogP contribution in [-0.4, -0.2) is 37.4 Å². The van der Waals surface area contributed by atoms with Crippen molar-refractivity contribution in [3.8, 4) is 28.0 Å². The van der Waals surface area contributed by atoms with Gasteiger partial charge in [-0.1, -0.05) is 72.8 Å². The number of esters is 1. The van der Waals surface area contributed by atoms with Gasteiger partial charge in [-0.2, -0.15) is 0 Å². The summed E-state index contributed by atoms with van der Waals surface area (Å²) in [7, 11) is 1.41. The average molecular weight is 466 g/mol. The number of anilines is 1. The molecule has 0 spiro atoms. The summed E-state index contributed by atoms with van der Waals surface area (Å²) in [6, 6.07) is 31.7. The summed E-state index contributed by atoms with van der Waals surface area (Å²) in [6.45, 7) is 1.44. The number of carbonyl (C=O) groups is 1. The molecule has 0 saturated carbocycles. The lowest BCUT2D eigenvalue weighted by Crippen LogP contribution is -2.54. The molecule has 1 N–H and O–H groups in total. The largest absolute Gasteiger partial charge is 0.487 e. The Balaban J connectivity index is 1.40. The molecule has 5 heteroatoms. The fraction of sp³-hybridized carbons (Fsp3) is 0.167. The first-order chi connectivity index (χ1) is 17.2. The zero-order valence-electron chi connectivity index (χ0n) is 19.6. The Bertz CT molecular complexity index is 1290. The lowest BCUT2D eigenvalue weighted by molar-refractivity contribution is 0.0601. The molecule has 0 aromatic heterocycles. The number of benzene rings is 4. The molecule has 0 unspecified atom stereocenters. The highest BCUT2D eigenvalue weighted by atomic mass is 16.5. The van der Waals surface area contributed by atoms with Crippen molar-refractivity contribution < 1.29 is 19.4 Å². The minimum Gasteiger partial charge on any atom is -0.487 e. The van der Waals surface area contributed by atoms with Crippen LogP contribution in [0.1, 0.15) is 15.9 Å². The number of methoxy groups -OCH3 is 1. The monoisotopic (exact) mass is 465 g/mol. The second kappa shape index (κ2) is 10.0. The van der Waals surface area contributed by atoms with Crippen LogP contribution in [0.3, 0.4) is 0 Å². The highest BCUT2D eigenvalue weighted by molar-refractivity contribution is 6.01. The third kappa shape index (κ3) is 4.77. The van der Waals surface area contributed by atoms with Crippen LogP contribution in [0.2, 0.25) is 0 Å². The number of rotatable bonds is 7. The van der Waals surface area contributed by atoms with E-state index in [1.807, 2.05) is 60.7 Å². The van der Waals surface area contributed by atoms with Crippen LogP contribution >= 0.6 is 0 Å². The van der Waals surface area contributed by atoms with E-state index in [-0.39, 0.29) is 18.7 Å². The molecular formula is C30H27NO4. The topological polar surface area (TPSA) is 59.0 Å². The first-order valence-corrected chi connectivity index (χ1v) is 11.6. The van der Waals surface area contributed by atoms with Crippen LogP contribution in [0, 0.1) is 0 Å². The normalized spacial score (nSPS) is 13.3. The lowest BCUT2D eigenvalue weighted by Gasteiger charge is -2.42. The van der Waals surface area contributed by atoms with Gasteiger partial charge in [0.2, 0.25) is 0 Å². The Morgan fingerprint density at radius 2 is 1.49 bits per heavy atom. The van der Waals surface area contributed by atoms with Crippen molar-refractivity contribution in [1.82, 2.24) is 0 Å². The zero-order valence-corrected chi connectivity index (χ0v) is 19.6. The molecule has 0 aliphatic carbocycles. The first-order valence-electron chi connectivity index (χ1n) is 11.6. The molecule has 176 valence electrons. The van der Waals surface area contributed by atoms with Crippen LogP contribution < -0.4 is 9.64 Å². The van der Waals surface area contributed by atoms with E-state index < -0.39 is 0 Å². The summed E-state index contributed by atoms with van der Waals surface area (Å²) < 4.78 is 11.2. The molecule has 1 fully saturated rings. The summed E-state index contributed by atoms with van der Waals surface area (Å²) in [5.74, 6) is 0.429. The number of aliphatic hydroxyl groups excluding tert-OH is 1. The summed E-state index contributed by atoms with van der Waals surface area (Å²) in [4.78, 5) is 14.9. The van der Waals surface area contributed by atoms with Gasteiger partial charge in [0.25, 0.3) is 0 Å². The van der Waals surface area contributed by atoms with E-state index in [0.29, 0.717) is 18.7 Å². The van der Waals surface area contributed by atoms with Crippen molar-refractivity contribution in [2.45, 2.75) is 12.7 Å². The Morgan fingerprint density at radius 3 is 2.14 bits per heavy atom. The fourth-order valence-corrected chi connectivity index (χ4v) is 4.42. The first kappa shape index (κ1) is 22.7. The molecule has 0 atom stereocenters. The van der Waals surface area contributed by atoms with Gasteiger partial charge in [-0.05, 0) is 46.5 Å². The van der Waals surface area contributed by atoms with Gasteiger partial charge in [0.05, 0.1) is 32.4 Å². The van der Waals surface area contributed by atoms with Gasteiger partial charge in [0.1, 0.15) is 11.9 Å². The van der Waals surface area contributed by atoms with E-state index in [1.165, 1.54) is 7.11 Å². The van der Waals surface area contributed by atoms with Gasteiger partial charge in [-0.3, -0.25) is 0 Å². The van der Waals surface area contributed by atoms with Crippen molar-refractivity contribution in [2.24, 2.45) is 0 Å². The van der Waals surface area contributed by atoms with E-state index in [9.17, 15) is 9.90 Å². The van der Waals surface area contributed by atoms with Crippen LogP contribution in [0.15, 0.2) is 97.1 Å². The van der Waals surface area contributed by atoms with Crippen LogP contribution in [-0.2, 0) is 11.3 Å². The van der Waals surface area contributed by atoms with E-state index in [4.69, 9.17) is 9.47 Å². The second-order valence-corrected chi connectivity index (χ2v) is 8.58. The average Bonchev–Trinajstić information content (AvgIpc) is 2.90. The molecule has 1 aliphatic rings. The smallest absolute Gasteiger partial charge is 0.338 e. The Kier molecular flexibility index (Phi) is 6.51. The zero-order chi connectivity index (χ0) is 24.2. The third-order valence-electron chi connectivity index (χ3n) is 6.33. The molecule has 0 amide bonds. The van der Waals surface area contributed by atoms with Gasteiger partial charge in [-0.15, -0.1) is 0 Å². The highest BCUT2D eigenvalue weighted by Crippen LogP contribution is 2.38. The molecule has 1 aliphatic heterocycles. The van der Waals surface area contributed by atoms with Gasteiger partial charge >= 0.3 is 5.97 Å². The molecule has 5 nitrogen and oxygen atoms in total. The maximum Gasteiger partial charge on any atom is 0.338 e. The van der Waals surface area contributed by atoms with Gasteiger partial charge in [0.15, 0.2) is 0 Å². The van der Waals surface area contributed by atoms with E-state index in [1.54, 1.807) is 0 Å². The van der Waals surface area contributed by atoms with Crippen LogP contribution in [0.5, 0.6) is 5.75 Å². The summed E-state index contributed by atoms with van der Waals surface area (Å²) >= 11 is 0. The number of nitrogens with zero attached hydrogens (tertiary/aromatic N) is 1. The van der Waals surface area contributed by atoms with Crippen molar-refractivity contribution in [1.29, 1.82) is 0 Å². The van der Waals surface area contributed by atoms with Crippen molar-refractivity contribution >= 4 is 11.7 Å². The molecule has 4 aromatic rings. The Labute approximate surface area is 205 Å². The van der Waals surface area contributed by atoms with Crippen LogP contribution in [0.25, 0.3) is 22.3 Å². The quantitative estimate of drug-likeness (QED) is 0.362. The van der Waals surface area contributed by atoms with E-state index in [0.717, 1.165) is 39.3 Å². The maximum absolute atomic E-state index is 12.7. The SMILES string of the molecule is COC(=O)c1cccc(N2CC(Oc3ccc(CO)cc3)C2)c1-c1ccc(-c2ccccc2)cc1. The molecule has 35 heavy (non-hydrogen) atoms. The molecule has 4 aromatic carbocycles. The number of carbonyl (C=O) groups excluding carboxylic acids is 1. The minimum atomic E-state index is -0.355. The Morgan fingerprint density at radius 1 is 0.829 bits per heavy atom. The van der Waals surface area contributed by atoms with E-state index in [2.05, 4.69) is 41.3 Å². The maximum atomic E-state index is 12.7. The van der Waals surface area contributed by atoms with Crippen molar-refractivity contribution in [3.63, 3.8) is 0 Å². The number of aliphatic hydroxyl groups is 1. The number of ether oxygens (including phenoxy) is 2. The van der Waals surface area contributed by atoms with Crippen molar-refractivity contribution in [3.05, 3.63) is 108 Å². The van der Waals surface area contributed by atoms with Gasteiger partial charge < -0.3 is 19.5 Å². The van der Waals surface area contributed by atoms with Crippen LogP contribution in [0.4, 0.5) is 5.69 Å². The number of hydrogen-bond donors (Lipinski definition) is 1. The predicted molar refractivity (Wildman–Crippen MR) is 138 cm³/mol. The van der Waals surface area contributed by atoms with E-state index >= 15 is 0 Å². The summed E-state index contributed by atoms with van der Waals surface area (Å²) in [5.41, 5.74) is 6.48. The minimum absolute atomic E-state index is 0.0170. The summed E-state index contributed by atoms with van der Waals surface area (Å²) in [6.07, 6.45) is 0.0464. The second-order valence-electron chi connectivity index (χ2n) is 8.58. The standard InChI is InChI=1S/C30H27NO4/c1-34-30(33)27-8-5-9-28(31-18-26(19-31)35-25-16-10-21(20-32)11-17-25)29(27)24-14-12-23(13-15-24)22-6-3-2-4-7-22/h2-17,26,32H,18-20H2,1H3. The third-order valence-corrected chi connectivity index (χ3v) is 6.33.